The third-order valence-electron chi connectivity index (χ3n) is 13.7. The molecule has 2 fully saturated rings. The van der Waals surface area contributed by atoms with Gasteiger partial charge in [-0.2, -0.15) is 4.98 Å². The quantitative estimate of drug-likeness (QED) is 0.0173. The van der Waals surface area contributed by atoms with Crippen LogP contribution < -0.4 is 20.3 Å². The first-order valence-corrected chi connectivity index (χ1v) is 29.0. The van der Waals surface area contributed by atoms with E-state index in [2.05, 4.69) is 20.3 Å². The smallest absolute Gasteiger partial charge is 0.409 e. The summed E-state index contributed by atoms with van der Waals surface area (Å²) in [6.45, 7) is 14.1. The molecule has 25 nitrogen and oxygen atoms in total. The van der Waals surface area contributed by atoms with Crippen molar-refractivity contribution < 1.29 is 85.0 Å². The van der Waals surface area contributed by atoms with Gasteiger partial charge in [0.2, 0.25) is 11.9 Å². The normalized spacial score (nSPS) is 21.5. The topological polar surface area (TPSA) is 292 Å². The van der Waals surface area contributed by atoms with Gasteiger partial charge in [0, 0.05) is 52.1 Å². The minimum Gasteiger partial charge on any atom is -0.497 e. The molecule has 0 bridgehead atoms. The molecule has 4 heterocycles. The lowest BCUT2D eigenvalue weighted by molar-refractivity contribution is -0.308. The molecule has 2 N–H and O–H groups in total. The molecular formula is C58H75N6O19P. The van der Waals surface area contributed by atoms with Gasteiger partial charge >= 0.3 is 31.6 Å². The predicted molar refractivity (Wildman–Crippen MR) is 301 cm³/mol. The first-order valence-electron chi connectivity index (χ1n) is 27.5. The van der Waals surface area contributed by atoms with Crippen LogP contribution in [0.1, 0.15) is 105 Å². The highest BCUT2D eigenvalue weighted by molar-refractivity contribution is 7.51. The van der Waals surface area contributed by atoms with Crippen LogP contribution in [0.5, 0.6) is 11.5 Å². The van der Waals surface area contributed by atoms with E-state index in [-0.39, 0.29) is 55.7 Å². The average molecular weight is 1190 g/mol. The molecular weight excluding hydrogens is 1120 g/mol. The Morgan fingerprint density at radius 1 is 0.738 bits per heavy atom. The molecule has 2 aliphatic rings. The summed E-state index contributed by atoms with van der Waals surface area (Å²) in [5, 5.41) is 2.65. The van der Waals surface area contributed by atoms with Crippen LogP contribution in [-0.4, -0.2) is 150 Å². The number of nitrogens with zero attached hydrogens (tertiary/aromatic N) is 4. The fraction of sp³-hybridized carbons (Fsp3) is 0.517. The second-order valence-corrected chi connectivity index (χ2v) is 22.7. The van der Waals surface area contributed by atoms with E-state index in [1.54, 1.807) is 37.3 Å². The van der Waals surface area contributed by atoms with Gasteiger partial charge in [0.1, 0.15) is 48.2 Å². The van der Waals surface area contributed by atoms with E-state index in [9.17, 15) is 28.8 Å². The van der Waals surface area contributed by atoms with Crippen LogP contribution in [0.15, 0.2) is 90.0 Å². The molecule has 0 spiro atoms. The van der Waals surface area contributed by atoms with Gasteiger partial charge in [-0.05, 0) is 75.1 Å². The molecule has 2 aliphatic heterocycles. The molecule has 0 radical (unpaired) electrons. The maximum absolute atomic E-state index is 16.0. The van der Waals surface area contributed by atoms with Gasteiger partial charge in [-0.15, -0.1) is 0 Å². The zero-order valence-electron chi connectivity index (χ0n) is 49.2. The summed E-state index contributed by atoms with van der Waals surface area (Å²) in [6, 6.07) is 23.7. The summed E-state index contributed by atoms with van der Waals surface area (Å²) in [7, 11) is -1.29. The minimum absolute atomic E-state index is 0.0147. The van der Waals surface area contributed by atoms with Gasteiger partial charge < -0.3 is 47.4 Å². The number of aromatic amines is 1. The van der Waals surface area contributed by atoms with E-state index in [4.69, 9.17) is 56.4 Å². The molecule has 5 aromatic rings. The van der Waals surface area contributed by atoms with Crippen molar-refractivity contribution in [3.63, 3.8) is 0 Å². The van der Waals surface area contributed by atoms with Crippen LogP contribution in [0.25, 0.3) is 11.2 Å². The molecule has 2 saturated heterocycles. The third kappa shape index (κ3) is 15.4. The lowest BCUT2D eigenvalue weighted by atomic mass is 9.80. The van der Waals surface area contributed by atoms with Crippen molar-refractivity contribution in [1.29, 1.82) is 0 Å². The van der Waals surface area contributed by atoms with E-state index >= 15 is 4.57 Å². The summed E-state index contributed by atoms with van der Waals surface area (Å²) < 4.78 is 92.1. The van der Waals surface area contributed by atoms with Crippen molar-refractivity contribution in [2.45, 2.75) is 149 Å². The van der Waals surface area contributed by atoms with Gasteiger partial charge in [0.15, 0.2) is 35.8 Å². The van der Waals surface area contributed by atoms with Gasteiger partial charge in [-0.3, -0.25) is 52.7 Å². The summed E-state index contributed by atoms with van der Waals surface area (Å²) in [5.41, 5.74) is 0.278. The van der Waals surface area contributed by atoms with Crippen molar-refractivity contribution in [1.82, 2.24) is 24.2 Å². The van der Waals surface area contributed by atoms with E-state index in [0.717, 1.165) is 44.4 Å². The number of nitrogens with one attached hydrogen (secondary N) is 2. The Hall–Kier alpha value is -7.09. The number of esters is 4. The van der Waals surface area contributed by atoms with E-state index in [1.165, 1.54) is 6.33 Å². The second kappa shape index (κ2) is 28.7. The molecule has 9 atom stereocenters. The Bertz CT molecular complexity index is 3100. The maximum atomic E-state index is 16.0. The standard InChI is InChI=1S/C58H75N6O19P/c1-33(2)54(69)61-57-60-53-49(55(70)62-57)59-32-63(53)48-29-45(46(81-48)31-76-58(40-17-14-13-15-18-40,41-19-23-43(72-11)24-20-41)42-21-25-44(73-12)26-22-42)83-84(71,64(34(3)4)35(5)6)77-28-16-27-74-56-52(80-39(10)68)51(79-38(9)67)50(78-37(8)66)47(82-56)30-75-36(7)65/h13-15,17-26,32-35,45-48,50-52,56H,16,27-31H2,1-12H3,(H2,60,61,62,69,70)/t45-,46+,47+,48+,50+,51-,52+,56+,84?/m0/s1. The van der Waals surface area contributed by atoms with Crippen molar-refractivity contribution in [2.24, 2.45) is 5.92 Å². The van der Waals surface area contributed by atoms with Crippen molar-refractivity contribution >= 4 is 54.6 Å². The van der Waals surface area contributed by atoms with Gasteiger partial charge in [0.25, 0.3) is 5.56 Å². The third-order valence-corrected chi connectivity index (χ3v) is 16.2. The van der Waals surface area contributed by atoms with Crippen LogP contribution in [0.3, 0.4) is 0 Å². The Kier molecular flexibility index (Phi) is 22.0. The van der Waals surface area contributed by atoms with Crippen molar-refractivity contribution in [3.05, 3.63) is 112 Å². The van der Waals surface area contributed by atoms with Crippen molar-refractivity contribution in [2.75, 3.05) is 46.0 Å². The number of carbonyl (C=O) groups is 5. The molecule has 456 valence electrons. The minimum atomic E-state index is -4.44. The monoisotopic (exact) mass is 1190 g/mol. The number of H-pyrrole nitrogens is 1. The fourth-order valence-corrected chi connectivity index (χ4v) is 12.5. The highest BCUT2D eigenvalue weighted by Crippen LogP contribution is 2.58. The molecule has 84 heavy (non-hydrogen) atoms. The highest BCUT2D eigenvalue weighted by Gasteiger charge is 2.53. The molecule has 26 heteroatoms. The van der Waals surface area contributed by atoms with E-state index < -0.39 is 117 Å². The highest BCUT2D eigenvalue weighted by atomic mass is 31.2. The number of fused-ring (bicyclic) bond motifs is 1. The second-order valence-electron chi connectivity index (χ2n) is 20.9. The summed E-state index contributed by atoms with van der Waals surface area (Å²) in [4.78, 5) is 87.1. The Morgan fingerprint density at radius 2 is 1.31 bits per heavy atom. The summed E-state index contributed by atoms with van der Waals surface area (Å²) >= 11 is 0. The Balaban J connectivity index is 1.25. The lowest BCUT2D eigenvalue weighted by Crippen LogP contribution is -2.63. The summed E-state index contributed by atoms with van der Waals surface area (Å²) in [6.07, 6.45) is -8.79. The Morgan fingerprint density at radius 3 is 1.86 bits per heavy atom. The first kappa shape index (κ1) is 64.5. The van der Waals surface area contributed by atoms with E-state index in [1.807, 2.05) is 107 Å². The van der Waals surface area contributed by atoms with Gasteiger partial charge in [0.05, 0.1) is 40.4 Å². The Labute approximate surface area is 486 Å². The number of benzene rings is 3. The van der Waals surface area contributed by atoms with E-state index in [0.29, 0.717) is 11.5 Å². The average Bonchev–Trinajstić information content (AvgIpc) is 1.50. The van der Waals surface area contributed by atoms with Crippen LogP contribution in [0.2, 0.25) is 0 Å². The number of imidazole rings is 1. The molecule has 7 rings (SSSR count). The number of amides is 1. The lowest BCUT2D eigenvalue weighted by Gasteiger charge is -2.44. The molecule has 2 aromatic heterocycles. The number of ether oxygens (including phenoxy) is 10. The fourth-order valence-electron chi connectivity index (χ4n) is 10.1. The molecule has 1 unspecified atom stereocenters. The van der Waals surface area contributed by atoms with Crippen LogP contribution in [0.4, 0.5) is 5.95 Å². The SMILES string of the molecule is COc1ccc(C(OC[C@H]2O[C@@H](n3cnc4c(=O)[nH]c(NC(=O)C(C)C)nc43)C[C@@H]2OP(=O)(OCCCO[C@@H]2O[C@H](COC(C)=O)[C@@H](OC(C)=O)[C@H](OC(C)=O)[C@H]2OC(C)=O)N(C(C)C)C(C)C)(c2ccccc2)c2ccc(OC)cc2)cc1. The van der Waals surface area contributed by atoms with Crippen LogP contribution >= 0.6 is 7.75 Å². The number of hydrogen-bond acceptors (Lipinski definition) is 21. The largest absolute Gasteiger partial charge is 0.497 e. The van der Waals surface area contributed by atoms with Crippen molar-refractivity contribution in [3.8, 4) is 11.5 Å². The number of anilines is 1. The zero-order valence-corrected chi connectivity index (χ0v) is 50.1. The van der Waals surface area contributed by atoms with Gasteiger partial charge in [-0.1, -0.05) is 68.4 Å². The maximum Gasteiger partial charge on any atom is 0.409 e. The first-order chi connectivity index (χ1) is 40.0. The molecule has 0 aliphatic carbocycles. The molecule has 0 saturated carbocycles. The zero-order chi connectivity index (χ0) is 61.0. The summed E-state index contributed by atoms with van der Waals surface area (Å²) in [5.74, 6) is -2.79. The van der Waals surface area contributed by atoms with Crippen LogP contribution in [-0.2, 0) is 81.1 Å². The predicted octanol–water partition coefficient (Wildman–Crippen LogP) is 7.15. The van der Waals surface area contributed by atoms with Gasteiger partial charge in [-0.25, -0.2) is 14.2 Å². The molecule has 1 amide bonds. The number of methoxy groups -OCH3 is 2. The number of carbonyl (C=O) groups excluding carboxylic acids is 5. The number of aromatic nitrogens is 4. The molecule has 3 aromatic carbocycles. The van der Waals surface area contributed by atoms with Crippen LogP contribution in [0, 0.1) is 5.92 Å². The number of hydrogen-bond donors (Lipinski definition) is 2. The number of rotatable bonds is 27.